The number of nitrogens with one attached hydrogen (secondary N) is 4. The van der Waals surface area contributed by atoms with Crippen LogP contribution in [0.5, 0.6) is 0 Å². The van der Waals surface area contributed by atoms with Crippen LogP contribution in [-0.4, -0.2) is 69.8 Å². The molecule has 3 aromatic rings. The van der Waals surface area contributed by atoms with Gasteiger partial charge >= 0.3 is 0 Å². The van der Waals surface area contributed by atoms with Crippen molar-refractivity contribution in [2.45, 2.75) is 6.10 Å². The second-order valence-electron chi connectivity index (χ2n) is 7.26. The number of amides is 1. The third-order valence-corrected chi connectivity index (χ3v) is 4.47. The first-order chi connectivity index (χ1) is 17.0. The third kappa shape index (κ3) is 8.30. The van der Waals surface area contributed by atoms with Crippen molar-refractivity contribution in [1.29, 1.82) is 0 Å². The van der Waals surface area contributed by atoms with E-state index in [1.165, 1.54) is 0 Å². The highest BCUT2D eigenvalue weighted by atomic mass is 19.1. The number of carbonyl (C=O) groups excluding carboxylic acids is 1. The van der Waals surface area contributed by atoms with E-state index in [1.54, 1.807) is 42.5 Å². The van der Waals surface area contributed by atoms with Crippen LogP contribution < -0.4 is 21.3 Å². The Morgan fingerprint density at radius 2 is 1.83 bits per heavy atom. The van der Waals surface area contributed by atoms with Gasteiger partial charge in [-0.3, -0.25) is 9.79 Å². The number of halogens is 1. The van der Waals surface area contributed by atoms with Crippen molar-refractivity contribution >= 4 is 46.6 Å². The molecule has 3 rings (SSSR count). The zero-order chi connectivity index (χ0) is 25.0. The molecule has 12 heteroatoms. The van der Waals surface area contributed by atoms with Crippen LogP contribution in [0.3, 0.4) is 0 Å². The van der Waals surface area contributed by atoms with E-state index in [4.69, 9.17) is 10.2 Å². The van der Waals surface area contributed by atoms with Gasteiger partial charge in [0.2, 0.25) is 5.95 Å². The molecule has 1 heterocycles. The highest BCUT2D eigenvalue weighted by molar-refractivity contribution is 6.26. The lowest BCUT2D eigenvalue weighted by Crippen LogP contribution is -2.34. The molecule has 2 aromatic carbocycles. The van der Waals surface area contributed by atoms with E-state index >= 15 is 0 Å². The molecule has 1 aromatic heterocycles. The SMILES string of the molecule is O=C(/C=N/c1cccc(Nc2ncc(F)c(Nc3cccc(NCCO)c3)n2)c1)NCC(O)CO. The van der Waals surface area contributed by atoms with Crippen molar-refractivity contribution in [2.24, 2.45) is 4.99 Å². The topological polar surface area (TPSA) is 164 Å². The van der Waals surface area contributed by atoms with Crippen LogP contribution in [0.25, 0.3) is 0 Å². The molecule has 7 N–H and O–H groups in total. The summed E-state index contributed by atoms with van der Waals surface area (Å²) in [6, 6.07) is 13.9. The number of aliphatic hydroxyl groups is 3. The number of aromatic nitrogens is 2. The molecule has 1 atom stereocenters. The van der Waals surface area contributed by atoms with Gasteiger partial charge in [0, 0.05) is 30.2 Å². The van der Waals surface area contributed by atoms with E-state index in [0.29, 0.717) is 23.6 Å². The lowest BCUT2D eigenvalue weighted by molar-refractivity contribution is -0.114. The number of hydrogen-bond acceptors (Lipinski definition) is 10. The van der Waals surface area contributed by atoms with Crippen molar-refractivity contribution in [3.63, 3.8) is 0 Å². The van der Waals surface area contributed by atoms with E-state index in [-0.39, 0.29) is 24.9 Å². The molecule has 0 saturated carbocycles. The summed E-state index contributed by atoms with van der Waals surface area (Å²) in [6.07, 6.45) is 1.06. The average molecular weight is 484 g/mol. The first-order valence-corrected chi connectivity index (χ1v) is 10.7. The van der Waals surface area contributed by atoms with Gasteiger partial charge in [0.05, 0.1) is 37.4 Å². The summed E-state index contributed by atoms with van der Waals surface area (Å²) in [5.74, 6) is -1.05. The molecule has 1 amide bonds. The summed E-state index contributed by atoms with van der Waals surface area (Å²) in [5, 5.41) is 38.3. The molecule has 0 radical (unpaired) electrons. The molecule has 184 valence electrons. The van der Waals surface area contributed by atoms with Crippen molar-refractivity contribution in [3.05, 3.63) is 60.5 Å². The Balaban J connectivity index is 1.66. The number of benzene rings is 2. The highest BCUT2D eigenvalue weighted by Crippen LogP contribution is 2.24. The Kier molecular flexibility index (Phi) is 9.42. The van der Waals surface area contributed by atoms with Gasteiger partial charge in [-0.2, -0.15) is 4.98 Å². The smallest absolute Gasteiger partial charge is 0.262 e. The quantitative estimate of drug-likeness (QED) is 0.190. The van der Waals surface area contributed by atoms with E-state index in [1.807, 2.05) is 6.07 Å². The van der Waals surface area contributed by atoms with Crippen LogP contribution in [0, 0.1) is 5.82 Å². The predicted molar refractivity (Wildman–Crippen MR) is 131 cm³/mol. The van der Waals surface area contributed by atoms with Gasteiger partial charge in [-0.05, 0) is 36.4 Å². The maximum atomic E-state index is 14.3. The molecule has 0 aliphatic rings. The monoisotopic (exact) mass is 483 g/mol. The van der Waals surface area contributed by atoms with Crippen molar-refractivity contribution < 1.29 is 24.5 Å². The lowest BCUT2D eigenvalue weighted by atomic mass is 10.2. The Labute approximate surface area is 200 Å². The number of anilines is 5. The standard InChI is InChI=1S/C23H26FN7O4/c24-20-12-28-23(31-22(20)29-17-5-1-3-15(9-17)25-7-8-32)30-18-6-2-4-16(10-18)26-13-21(35)27-11-19(34)14-33/h1-6,9-10,12-13,19,25,32-34H,7-8,11,14H2,(H,27,35)(H2,28,29,30,31)/b26-13+. The fraction of sp³-hybridized carbons (Fsp3) is 0.217. The number of aliphatic imine (C=N–C) groups is 1. The Morgan fingerprint density at radius 3 is 2.60 bits per heavy atom. The molecule has 1 unspecified atom stereocenters. The fourth-order valence-corrected chi connectivity index (χ4v) is 2.81. The Hall–Kier alpha value is -4.13. The summed E-state index contributed by atoms with van der Waals surface area (Å²) < 4.78 is 14.3. The molecule has 0 aliphatic heterocycles. The third-order valence-electron chi connectivity index (χ3n) is 4.47. The van der Waals surface area contributed by atoms with Crippen LogP contribution in [0.1, 0.15) is 0 Å². The fourth-order valence-electron chi connectivity index (χ4n) is 2.81. The molecular weight excluding hydrogens is 457 g/mol. The number of rotatable bonds is 12. The van der Waals surface area contributed by atoms with Crippen LogP contribution in [0.2, 0.25) is 0 Å². The van der Waals surface area contributed by atoms with Gasteiger partial charge in [0.1, 0.15) is 0 Å². The largest absolute Gasteiger partial charge is 0.395 e. The molecule has 11 nitrogen and oxygen atoms in total. The minimum Gasteiger partial charge on any atom is -0.395 e. The van der Waals surface area contributed by atoms with Crippen LogP contribution >= 0.6 is 0 Å². The normalized spacial score (nSPS) is 11.8. The summed E-state index contributed by atoms with van der Waals surface area (Å²) >= 11 is 0. The van der Waals surface area contributed by atoms with E-state index in [2.05, 4.69) is 36.2 Å². The summed E-state index contributed by atoms with van der Waals surface area (Å²) in [6.45, 7) is -0.172. The average Bonchev–Trinajstić information content (AvgIpc) is 2.87. The van der Waals surface area contributed by atoms with Gasteiger partial charge in [-0.1, -0.05) is 12.1 Å². The molecule has 0 saturated heterocycles. The van der Waals surface area contributed by atoms with Crippen LogP contribution in [-0.2, 0) is 4.79 Å². The zero-order valence-electron chi connectivity index (χ0n) is 18.6. The Morgan fingerprint density at radius 1 is 1.09 bits per heavy atom. The highest BCUT2D eigenvalue weighted by Gasteiger charge is 2.09. The first kappa shape index (κ1) is 25.5. The molecule has 0 fully saturated rings. The minimum absolute atomic E-state index is 0.0122. The van der Waals surface area contributed by atoms with Crippen LogP contribution in [0.4, 0.5) is 38.9 Å². The molecular formula is C23H26FN7O4. The first-order valence-electron chi connectivity index (χ1n) is 10.7. The van der Waals surface area contributed by atoms with Crippen LogP contribution in [0.15, 0.2) is 59.7 Å². The van der Waals surface area contributed by atoms with Gasteiger partial charge in [0.25, 0.3) is 5.91 Å². The minimum atomic E-state index is -1.04. The number of carbonyl (C=O) groups is 1. The van der Waals surface area contributed by atoms with Gasteiger partial charge in [0.15, 0.2) is 11.6 Å². The molecule has 0 bridgehead atoms. The Bertz CT molecular complexity index is 1160. The van der Waals surface area contributed by atoms with Crippen molar-refractivity contribution in [2.75, 3.05) is 42.3 Å². The van der Waals surface area contributed by atoms with E-state index in [0.717, 1.165) is 18.1 Å². The van der Waals surface area contributed by atoms with E-state index in [9.17, 15) is 14.3 Å². The summed E-state index contributed by atoms with van der Waals surface area (Å²) in [5.41, 5.74) is 2.37. The van der Waals surface area contributed by atoms with E-state index < -0.39 is 24.4 Å². The van der Waals surface area contributed by atoms with Crippen molar-refractivity contribution in [1.82, 2.24) is 15.3 Å². The summed E-state index contributed by atoms with van der Waals surface area (Å²) in [4.78, 5) is 24.0. The molecule has 0 aliphatic carbocycles. The lowest BCUT2D eigenvalue weighted by Gasteiger charge is -2.11. The second kappa shape index (κ2) is 12.9. The van der Waals surface area contributed by atoms with Gasteiger partial charge < -0.3 is 36.6 Å². The number of hydrogen-bond donors (Lipinski definition) is 7. The molecule has 35 heavy (non-hydrogen) atoms. The predicted octanol–water partition coefficient (Wildman–Crippen LogP) is 1.68. The van der Waals surface area contributed by atoms with Crippen molar-refractivity contribution in [3.8, 4) is 0 Å². The van der Waals surface area contributed by atoms with Gasteiger partial charge in [-0.25, -0.2) is 9.37 Å². The number of nitrogens with zero attached hydrogens (tertiary/aromatic N) is 3. The second-order valence-corrected chi connectivity index (χ2v) is 7.26. The summed E-state index contributed by atoms with van der Waals surface area (Å²) in [7, 11) is 0. The maximum Gasteiger partial charge on any atom is 0.262 e. The number of aliphatic hydroxyl groups excluding tert-OH is 3. The molecule has 0 spiro atoms. The van der Waals surface area contributed by atoms with Gasteiger partial charge in [-0.15, -0.1) is 0 Å². The maximum absolute atomic E-state index is 14.3. The zero-order valence-corrected chi connectivity index (χ0v) is 18.6.